The van der Waals surface area contributed by atoms with Crippen molar-refractivity contribution in [3.05, 3.63) is 28.8 Å². The third-order valence-electron chi connectivity index (χ3n) is 4.06. The van der Waals surface area contributed by atoms with Crippen molar-refractivity contribution in [2.45, 2.75) is 40.0 Å². The monoisotopic (exact) mass is 305 g/mol. The number of nitrogens with zero attached hydrogens (tertiary/aromatic N) is 1. The number of hydrogen-bond donors (Lipinski definition) is 0. The topological polar surface area (TPSA) is 38.8 Å². The van der Waals surface area contributed by atoms with E-state index in [1.807, 2.05) is 13.8 Å². The highest BCUT2D eigenvalue weighted by Crippen LogP contribution is 2.24. The SMILES string of the molecule is Cc1cc(C)c(OCC(=O)OCCN2CCCCC2)c(C)c1. The van der Waals surface area contributed by atoms with Gasteiger partial charge in [-0.15, -0.1) is 0 Å². The summed E-state index contributed by atoms with van der Waals surface area (Å²) in [6.07, 6.45) is 3.82. The number of hydrogen-bond acceptors (Lipinski definition) is 4. The molecule has 1 aromatic carbocycles. The summed E-state index contributed by atoms with van der Waals surface area (Å²) in [6.45, 7) is 9.55. The molecule has 1 aliphatic rings. The zero-order valence-corrected chi connectivity index (χ0v) is 14.0. The highest BCUT2D eigenvalue weighted by molar-refractivity contribution is 5.71. The standard InChI is InChI=1S/C18H27NO3/c1-14-11-15(2)18(16(3)12-14)22-13-17(20)21-10-9-19-7-5-4-6-8-19/h11-12H,4-10,13H2,1-3H3. The maximum atomic E-state index is 11.8. The molecule has 2 rings (SSSR count). The number of carbonyl (C=O) groups is 1. The van der Waals surface area contributed by atoms with Crippen LogP contribution in [0.4, 0.5) is 0 Å². The molecular formula is C18H27NO3. The van der Waals surface area contributed by atoms with Crippen LogP contribution >= 0.6 is 0 Å². The number of ether oxygens (including phenoxy) is 2. The number of aryl methyl sites for hydroxylation is 3. The Morgan fingerprint density at radius 3 is 2.36 bits per heavy atom. The fourth-order valence-electron chi connectivity index (χ4n) is 3.04. The molecule has 1 aliphatic heterocycles. The largest absolute Gasteiger partial charge is 0.481 e. The fourth-order valence-corrected chi connectivity index (χ4v) is 3.04. The number of likely N-dealkylation sites (tertiary alicyclic amines) is 1. The average molecular weight is 305 g/mol. The number of piperidine rings is 1. The first-order valence-electron chi connectivity index (χ1n) is 8.15. The zero-order chi connectivity index (χ0) is 15.9. The number of benzene rings is 1. The smallest absolute Gasteiger partial charge is 0.344 e. The van der Waals surface area contributed by atoms with Crippen LogP contribution in [-0.4, -0.2) is 43.7 Å². The molecular weight excluding hydrogens is 278 g/mol. The van der Waals surface area contributed by atoms with Crippen molar-refractivity contribution in [1.29, 1.82) is 0 Å². The van der Waals surface area contributed by atoms with Crippen LogP contribution in [0.2, 0.25) is 0 Å². The van der Waals surface area contributed by atoms with Gasteiger partial charge in [0.25, 0.3) is 0 Å². The summed E-state index contributed by atoms with van der Waals surface area (Å²) in [6, 6.07) is 4.12. The Labute approximate surface area is 133 Å². The molecule has 22 heavy (non-hydrogen) atoms. The Morgan fingerprint density at radius 1 is 1.09 bits per heavy atom. The predicted molar refractivity (Wildman–Crippen MR) is 87.4 cm³/mol. The molecule has 0 unspecified atom stereocenters. The van der Waals surface area contributed by atoms with Crippen molar-refractivity contribution in [3.8, 4) is 5.75 Å². The molecule has 0 aliphatic carbocycles. The molecule has 0 amide bonds. The molecule has 1 aromatic rings. The van der Waals surface area contributed by atoms with Crippen molar-refractivity contribution in [2.24, 2.45) is 0 Å². The third-order valence-corrected chi connectivity index (χ3v) is 4.06. The quantitative estimate of drug-likeness (QED) is 0.757. The lowest BCUT2D eigenvalue weighted by molar-refractivity contribution is -0.146. The Kier molecular flexibility index (Phi) is 6.25. The van der Waals surface area contributed by atoms with Gasteiger partial charge in [-0.1, -0.05) is 24.1 Å². The molecule has 122 valence electrons. The van der Waals surface area contributed by atoms with E-state index in [9.17, 15) is 4.79 Å². The zero-order valence-electron chi connectivity index (χ0n) is 14.0. The summed E-state index contributed by atoms with van der Waals surface area (Å²) in [5.41, 5.74) is 3.31. The first-order valence-corrected chi connectivity index (χ1v) is 8.15. The summed E-state index contributed by atoms with van der Waals surface area (Å²) >= 11 is 0. The maximum Gasteiger partial charge on any atom is 0.344 e. The van der Waals surface area contributed by atoms with Gasteiger partial charge in [-0.3, -0.25) is 4.90 Å². The molecule has 0 spiro atoms. The summed E-state index contributed by atoms with van der Waals surface area (Å²) in [4.78, 5) is 14.1. The minimum absolute atomic E-state index is 0.0231. The number of esters is 1. The van der Waals surface area contributed by atoms with E-state index in [2.05, 4.69) is 24.0 Å². The third kappa shape index (κ3) is 5.02. The van der Waals surface area contributed by atoms with Crippen LogP contribution in [-0.2, 0) is 9.53 Å². The second-order valence-corrected chi connectivity index (χ2v) is 6.14. The van der Waals surface area contributed by atoms with Crippen molar-refractivity contribution >= 4 is 5.97 Å². The van der Waals surface area contributed by atoms with Crippen molar-refractivity contribution in [3.63, 3.8) is 0 Å². The van der Waals surface area contributed by atoms with Gasteiger partial charge in [0.1, 0.15) is 12.4 Å². The van der Waals surface area contributed by atoms with E-state index in [1.54, 1.807) is 0 Å². The Hall–Kier alpha value is -1.55. The van der Waals surface area contributed by atoms with Gasteiger partial charge in [0, 0.05) is 6.54 Å². The van der Waals surface area contributed by atoms with E-state index in [-0.39, 0.29) is 12.6 Å². The van der Waals surface area contributed by atoms with Crippen LogP contribution in [0.25, 0.3) is 0 Å². The van der Waals surface area contributed by atoms with Gasteiger partial charge in [-0.05, 0) is 57.8 Å². The second-order valence-electron chi connectivity index (χ2n) is 6.14. The maximum absolute atomic E-state index is 11.8. The van der Waals surface area contributed by atoms with Gasteiger partial charge >= 0.3 is 5.97 Å². The van der Waals surface area contributed by atoms with E-state index in [1.165, 1.54) is 24.8 Å². The van der Waals surface area contributed by atoms with Crippen LogP contribution in [0.3, 0.4) is 0 Å². The van der Waals surface area contributed by atoms with E-state index in [4.69, 9.17) is 9.47 Å². The Bertz CT molecular complexity index is 484. The molecule has 4 heteroatoms. The lowest BCUT2D eigenvalue weighted by atomic mass is 10.1. The van der Waals surface area contributed by atoms with Gasteiger partial charge in [0.05, 0.1) is 0 Å². The number of carbonyl (C=O) groups excluding carboxylic acids is 1. The van der Waals surface area contributed by atoms with Crippen LogP contribution in [0.1, 0.15) is 36.0 Å². The molecule has 0 saturated carbocycles. The van der Waals surface area contributed by atoms with E-state index < -0.39 is 0 Å². The molecule has 0 radical (unpaired) electrons. The van der Waals surface area contributed by atoms with E-state index in [0.717, 1.165) is 36.5 Å². The van der Waals surface area contributed by atoms with Crippen molar-refractivity contribution < 1.29 is 14.3 Å². The molecule has 0 atom stereocenters. The van der Waals surface area contributed by atoms with E-state index >= 15 is 0 Å². The molecule has 0 aromatic heterocycles. The summed E-state index contributed by atoms with van der Waals surface area (Å²) in [5.74, 6) is 0.495. The first-order chi connectivity index (χ1) is 10.6. The summed E-state index contributed by atoms with van der Waals surface area (Å²) in [7, 11) is 0. The van der Waals surface area contributed by atoms with Crippen LogP contribution in [0, 0.1) is 20.8 Å². The normalized spacial score (nSPS) is 15.6. The van der Waals surface area contributed by atoms with Crippen molar-refractivity contribution in [1.82, 2.24) is 4.90 Å². The first kappa shape index (κ1) is 16.8. The van der Waals surface area contributed by atoms with Crippen LogP contribution in [0.5, 0.6) is 5.75 Å². The highest BCUT2D eigenvalue weighted by Gasteiger charge is 2.12. The summed E-state index contributed by atoms with van der Waals surface area (Å²) in [5, 5.41) is 0. The van der Waals surface area contributed by atoms with Crippen LogP contribution in [0.15, 0.2) is 12.1 Å². The van der Waals surface area contributed by atoms with E-state index in [0.29, 0.717) is 6.61 Å². The average Bonchev–Trinajstić information content (AvgIpc) is 2.47. The molecule has 0 N–H and O–H groups in total. The second kappa shape index (κ2) is 8.18. The van der Waals surface area contributed by atoms with Gasteiger partial charge < -0.3 is 9.47 Å². The van der Waals surface area contributed by atoms with Gasteiger partial charge in [0.2, 0.25) is 0 Å². The lowest BCUT2D eigenvalue weighted by Gasteiger charge is -2.25. The lowest BCUT2D eigenvalue weighted by Crippen LogP contribution is -2.33. The molecule has 1 heterocycles. The van der Waals surface area contributed by atoms with Crippen LogP contribution < -0.4 is 4.74 Å². The van der Waals surface area contributed by atoms with Gasteiger partial charge in [0.15, 0.2) is 6.61 Å². The van der Waals surface area contributed by atoms with Crippen molar-refractivity contribution in [2.75, 3.05) is 32.8 Å². The minimum atomic E-state index is -0.295. The Morgan fingerprint density at radius 2 is 1.73 bits per heavy atom. The number of rotatable bonds is 6. The Balaban J connectivity index is 1.71. The fraction of sp³-hybridized carbons (Fsp3) is 0.611. The predicted octanol–water partition coefficient (Wildman–Crippen LogP) is 3.02. The molecule has 1 saturated heterocycles. The molecule has 4 nitrogen and oxygen atoms in total. The minimum Gasteiger partial charge on any atom is -0.481 e. The molecule has 0 bridgehead atoms. The summed E-state index contributed by atoms with van der Waals surface area (Å²) < 4.78 is 10.9. The highest BCUT2D eigenvalue weighted by atomic mass is 16.6. The van der Waals surface area contributed by atoms with Gasteiger partial charge in [-0.25, -0.2) is 4.79 Å². The molecule has 1 fully saturated rings. The van der Waals surface area contributed by atoms with Gasteiger partial charge in [-0.2, -0.15) is 0 Å².